The van der Waals surface area contributed by atoms with Crippen LogP contribution < -0.4 is 10.6 Å². The first-order chi connectivity index (χ1) is 8.61. The van der Waals surface area contributed by atoms with Gasteiger partial charge in [-0.15, -0.1) is 0 Å². The second kappa shape index (κ2) is 5.52. The van der Waals surface area contributed by atoms with Crippen molar-refractivity contribution in [1.82, 2.24) is 14.9 Å². The van der Waals surface area contributed by atoms with E-state index in [0.717, 1.165) is 24.7 Å². The average Bonchev–Trinajstić information content (AvgIpc) is 2.74. The van der Waals surface area contributed by atoms with Crippen molar-refractivity contribution in [3.8, 4) is 0 Å². The van der Waals surface area contributed by atoms with Crippen LogP contribution in [0.4, 0.5) is 11.6 Å². The van der Waals surface area contributed by atoms with Gasteiger partial charge in [-0.3, -0.25) is 0 Å². The van der Waals surface area contributed by atoms with Gasteiger partial charge in [0.15, 0.2) is 0 Å². The molecule has 0 radical (unpaired) electrons. The number of nitrogens with zero attached hydrogens (tertiary/aromatic N) is 3. The Hall–Kier alpha value is -1.36. The maximum atomic E-state index is 4.42. The van der Waals surface area contributed by atoms with Gasteiger partial charge in [0.25, 0.3) is 0 Å². The molecule has 0 spiro atoms. The lowest BCUT2D eigenvalue weighted by molar-refractivity contribution is 0.414. The van der Waals surface area contributed by atoms with Crippen molar-refractivity contribution in [1.29, 1.82) is 0 Å². The SMILES string of the molecule is CNc1ncnc(NC2CCN(C)C2)c1C(C)C. The van der Waals surface area contributed by atoms with Crippen molar-refractivity contribution in [3.05, 3.63) is 11.9 Å². The summed E-state index contributed by atoms with van der Waals surface area (Å²) in [5, 5.41) is 6.71. The summed E-state index contributed by atoms with van der Waals surface area (Å²) in [5.74, 6) is 2.30. The van der Waals surface area contributed by atoms with E-state index in [-0.39, 0.29) is 0 Å². The summed E-state index contributed by atoms with van der Waals surface area (Å²) in [7, 11) is 4.06. The smallest absolute Gasteiger partial charge is 0.135 e. The van der Waals surface area contributed by atoms with Crippen molar-refractivity contribution < 1.29 is 0 Å². The van der Waals surface area contributed by atoms with Gasteiger partial charge < -0.3 is 15.5 Å². The lowest BCUT2D eigenvalue weighted by Gasteiger charge is -2.19. The standard InChI is InChI=1S/C13H23N5/c1-9(2)11-12(14-3)15-8-16-13(11)17-10-5-6-18(4)7-10/h8-10H,5-7H2,1-4H3,(H2,14,15,16,17). The van der Waals surface area contributed by atoms with Gasteiger partial charge in [0.2, 0.25) is 0 Å². The van der Waals surface area contributed by atoms with Crippen LogP contribution in [0, 0.1) is 0 Å². The maximum absolute atomic E-state index is 4.42. The third-order valence-corrected chi connectivity index (χ3v) is 3.43. The predicted molar refractivity (Wildman–Crippen MR) is 75.2 cm³/mol. The summed E-state index contributed by atoms with van der Waals surface area (Å²) in [4.78, 5) is 11.1. The lowest BCUT2D eigenvalue weighted by atomic mass is 10.0. The fourth-order valence-corrected chi connectivity index (χ4v) is 2.50. The number of nitrogens with one attached hydrogen (secondary N) is 2. The van der Waals surface area contributed by atoms with Crippen LogP contribution in [0.1, 0.15) is 31.7 Å². The van der Waals surface area contributed by atoms with Gasteiger partial charge in [-0.2, -0.15) is 0 Å². The molecule has 1 aromatic heterocycles. The third-order valence-electron chi connectivity index (χ3n) is 3.43. The highest BCUT2D eigenvalue weighted by molar-refractivity contribution is 5.59. The summed E-state index contributed by atoms with van der Waals surface area (Å²) >= 11 is 0. The molecule has 1 aliphatic heterocycles. The van der Waals surface area contributed by atoms with E-state index in [1.807, 2.05) is 7.05 Å². The van der Waals surface area contributed by atoms with Crippen LogP contribution in [0.25, 0.3) is 0 Å². The zero-order chi connectivity index (χ0) is 13.1. The third kappa shape index (κ3) is 2.72. The molecule has 0 bridgehead atoms. The van der Waals surface area contributed by atoms with Crippen molar-refractivity contribution >= 4 is 11.6 Å². The summed E-state index contributed by atoms with van der Waals surface area (Å²) < 4.78 is 0. The van der Waals surface area contributed by atoms with E-state index in [9.17, 15) is 0 Å². The molecule has 0 amide bonds. The number of rotatable bonds is 4. The molecule has 5 heteroatoms. The Morgan fingerprint density at radius 3 is 2.61 bits per heavy atom. The molecule has 1 fully saturated rings. The average molecular weight is 249 g/mol. The van der Waals surface area contributed by atoms with Crippen molar-refractivity contribution in [2.45, 2.75) is 32.2 Å². The first kappa shape index (κ1) is 13.1. The molecule has 2 N–H and O–H groups in total. The Morgan fingerprint density at radius 1 is 1.33 bits per heavy atom. The maximum Gasteiger partial charge on any atom is 0.135 e. The molecule has 18 heavy (non-hydrogen) atoms. The molecule has 100 valence electrons. The van der Waals surface area contributed by atoms with Crippen molar-refractivity contribution in [2.24, 2.45) is 0 Å². The van der Waals surface area contributed by atoms with Crippen LogP contribution in [0.15, 0.2) is 6.33 Å². The molecule has 5 nitrogen and oxygen atoms in total. The zero-order valence-electron chi connectivity index (χ0n) is 11.7. The van der Waals surface area contributed by atoms with E-state index >= 15 is 0 Å². The van der Waals surface area contributed by atoms with E-state index in [2.05, 4.69) is 46.4 Å². The van der Waals surface area contributed by atoms with Gasteiger partial charge in [0.1, 0.15) is 18.0 Å². The number of hydrogen-bond acceptors (Lipinski definition) is 5. The molecular formula is C13H23N5. The Bertz CT molecular complexity index is 404. The summed E-state index contributed by atoms with van der Waals surface area (Å²) in [5.41, 5.74) is 1.18. The Balaban J connectivity index is 2.21. The molecule has 0 aromatic carbocycles. The molecule has 0 aliphatic carbocycles. The monoisotopic (exact) mass is 249 g/mol. The fourth-order valence-electron chi connectivity index (χ4n) is 2.50. The summed E-state index contributed by atoms with van der Waals surface area (Å²) in [6.07, 6.45) is 2.80. The van der Waals surface area contributed by atoms with Gasteiger partial charge in [0.05, 0.1) is 0 Å². The van der Waals surface area contributed by atoms with Gasteiger partial charge in [-0.05, 0) is 25.9 Å². The summed E-state index contributed by atoms with van der Waals surface area (Å²) in [6.45, 7) is 6.58. The van der Waals surface area contributed by atoms with E-state index in [4.69, 9.17) is 0 Å². The van der Waals surface area contributed by atoms with Crippen LogP contribution in [0.3, 0.4) is 0 Å². The van der Waals surface area contributed by atoms with E-state index < -0.39 is 0 Å². The number of anilines is 2. The molecule has 0 saturated carbocycles. The quantitative estimate of drug-likeness (QED) is 0.851. The molecule has 2 heterocycles. The van der Waals surface area contributed by atoms with Crippen LogP contribution in [0.5, 0.6) is 0 Å². The molecule has 2 rings (SSSR count). The zero-order valence-corrected chi connectivity index (χ0v) is 11.7. The highest BCUT2D eigenvalue weighted by Gasteiger charge is 2.22. The lowest BCUT2D eigenvalue weighted by Crippen LogP contribution is -2.25. The molecule has 1 aliphatic rings. The molecular weight excluding hydrogens is 226 g/mol. The molecule has 1 unspecified atom stereocenters. The second-order valence-electron chi connectivity index (χ2n) is 5.28. The highest BCUT2D eigenvalue weighted by Crippen LogP contribution is 2.29. The highest BCUT2D eigenvalue weighted by atomic mass is 15.2. The number of likely N-dealkylation sites (tertiary alicyclic amines) is 1. The Labute approximate surface area is 109 Å². The summed E-state index contributed by atoms with van der Waals surface area (Å²) in [6, 6.07) is 0.493. The van der Waals surface area contributed by atoms with Crippen molar-refractivity contribution in [2.75, 3.05) is 37.8 Å². The topological polar surface area (TPSA) is 53.1 Å². The largest absolute Gasteiger partial charge is 0.373 e. The Kier molecular flexibility index (Phi) is 4.01. The minimum absolute atomic E-state index is 0.398. The minimum atomic E-state index is 0.398. The van der Waals surface area contributed by atoms with Gasteiger partial charge in [0, 0.05) is 25.2 Å². The molecule has 1 saturated heterocycles. The van der Waals surface area contributed by atoms with Crippen LogP contribution in [-0.4, -0.2) is 48.1 Å². The number of aromatic nitrogens is 2. The number of hydrogen-bond donors (Lipinski definition) is 2. The van der Waals surface area contributed by atoms with E-state index in [1.54, 1.807) is 6.33 Å². The Morgan fingerprint density at radius 2 is 2.06 bits per heavy atom. The fraction of sp³-hybridized carbons (Fsp3) is 0.692. The normalized spacial score (nSPS) is 20.4. The van der Waals surface area contributed by atoms with Crippen LogP contribution in [0.2, 0.25) is 0 Å². The van der Waals surface area contributed by atoms with Gasteiger partial charge >= 0.3 is 0 Å². The first-order valence-electron chi connectivity index (χ1n) is 6.59. The van der Waals surface area contributed by atoms with Gasteiger partial charge in [-0.25, -0.2) is 9.97 Å². The van der Waals surface area contributed by atoms with E-state index in [1.165, 1.54) is 12.0 Å². The van der Waals surface area contributed by atoms with Crippen molar-refractivity contribution in [3.63, 3.8) is 0 Å². The first-order valence-corrected chi connectivity index (χ1v) is 6.59. The number of likely N-dealkylation sites (N-methyl/N-ethyl adjacent to an activating group) is 1. The molecule has 1 atom stereocenters. The molecule has 1 aromatic rings. The van der Waals surface area contributed by atoms with Gasteiger partial charge in [-0.1, -0.05) is 13.8 Å². The predicted octanol–water partition coefficient (Wildman–Crippen LogP) is 1.76. The van der Waals surface area contributed by atoms with Crippen LogP contribution in [-0.2, 0) is 0 Å². The van der Waals surface area contributed by atoms with Crippen LogP contribution >= 0.6 is 0 Å². The second-order valence-corrected chi connectivity index (χ2v) is 5.28. The van der Waals surface area contributed by atoms with E-state index in [0.29, 0.717) is 12.0 Å². The minimum Gasteiger partial charge on any atom is -0.373 e.